The molecule has 0 saturated heterocycles. The van der Waals surface area contributed by atoms with E-state index in [-0.39, 0.29) is 11.7 Å². The van der Waals surface area contributed by atoms with Crippen LogP contribution >= 0.6 is 0 Å². The summed E-state index contributed by atoms with van der Waals surface area (Å²) in [6, 6.07) is 8.64. The zero-order chi connectivity index (χ0) is 13.4. The number of carbonyl (C=O) groups is 2. The number of furan rings is 1. The van der Waals surface area contributed by atoms with Crippen molar-refractivity contribution in [1.82, 2.24) is 0 Å². The summed E-state index contributed by atoms with van der Waals surface area (Å²) in [6.45, 7) is 0. The molecule has 1 aliphatic rings. The Balaban J connectivity index is 1.90. The SMILES string of the molecule is O=C(c1ccc2c(c1)CC(C(=O)O)C2)c1ccco1. The molecule has 0 radical (unpaired) electrons. The van der Waals surface area contributed by atoms with Crippen LogP contribution < -0.4 is 0 Å². The molecule has 2 aromatic rings. The van der Waals surface area contributed by atoms with Crippen molar-refractivity contribution >= 4 is 11.8 Å². The second-order valence-electron chi connectivity index (χ2n) is 4.73. The molecule has 0 spiro atoms. The fourth-order valence-corrected chi connectivity index (χ4v) is 2.48. The number of ketones is 1. The Bertz CT molecular complexity index is 640. The van der Waals surface area contributed by atoms with Crippen LogP contribution in [0.25, 0.3) is 0 Å². The molecule has 1 aromatic heterocycles. The highest BCUT2D eigenvalue weighted by Gasteiger charge is 2.27. The van der Waals surface area contributed by atoms with Gasteiger partial charge in [0.1, 0.15) is 0 Å². The van der Waals surface area contributed by atoms with Crippen LogP contribution in [0.4, 0.5) is 0 Å². The van der Waals surface area contributed by atoms with Crippen LogP contribution in [0.2, 0.25) is 0 Å². The van der Waals surface area contributed by atoms with Gasteiger partial charge >= 0.3 is 5.97 Å². The summed E-state index contributed by atoms with van der Waals surface area (Å²) in [7, 11) is 0. The van der Waals surface area contributed by atoms with Gasteiger partial charge in [-0.15, -0.1) is 0 Å². The second kappa shape index (κ2) is 4.39. The van der Waals surface area contributed by atoms with Crippen molar-refractivity contribution in [3.05, 3.63) is 59.0 Å². The second-order valence-corrected chi connectivity index (χ2v) is 4.73. The number of hydrogen-bond acceptors (Lipinski definition) is 3. The predicted octanol–water partition coefficient (Wildman–Crippen LogP) is 2.31. The van der Waals surface area contributed by atoms with E-state index in [9.17, 15) is 9.59 Å². The lowest BCUT2D eigenvalue weighted by Gasteiger charge is -2.02. The van der Waals surface area contributed by atoms with Gasteiger partial charge in [-0.25, -0.2) is 0 Å². The highest BCUT2D eigenvalue weighted by molar-refractivity contribution is 6.07. The molecule has 1 unspecified atom stereocenters. The molecule has 96 valence electrons. The largest absolute Gasteiger partial charge is 0.481 e. The lowest BCUT2D eigenvalue weighted by molar-refractivity contribution is -0.141. The molecule has 4 heteroatoms. The van der Waals surface area contributed by atoms with Crippen molar-refractivity contribution in [2.24, 2.45) is 5.92 Å². The highest BCUT2D eigenvalue weighted by atomic mass is 16.4. The average Bonchev–Trinajstić information content (AvgIpc) is 3.06. The smallest absolute Gasteiger partial charge is 0.307 e. The van der Waals surface area contributed by atoms with Crippen LogP contribution in [0.15, 0.2) is 41.0 Å². The standard InChI is InChI=1S/C15H12O4/c16-14(13-2-1-5-19-13)10-4-3-9-6-12(15(17)18)8-11(9)7-10/h1-5,7,12H,6,8H2,(H,17,18). The fraction of sp³-hybridized carbons (Fsp3) is 0.200. The molecule has 0 aliphatic heterocycles. The quantitative estimate of drug-likeness (QED) is 0.856. The molecular formula is C15H12O4. The number of carboxylic acid groups (broad SMARTS) is 1. The van der Waals surface area contributed by atoms with Crippen LogP contribution in [0, 0.1) is 5.92 Å². The normalized spacial score (nSPS) is 17.2. The Morgan fingerprint density at radius 2 is 1.95 bits per heavy atom. The van der Waals surface area contributed by atoms with E-state index in [0.29, 0.717) is 24.2 Å². The van der Waals surface area contributed by atoms with E-state index in [1.54, 1.807) is 24.3 Å². The molecule has 0 saturated carbocycles. The van der Waals surface area contributed by atoms with Crippen LogP contribution in [0.3, 0.4) is 0 Å². The van der Waals surface area contributed by atoms with Crippen molar-refractivity contribution in [1.29, 1.82) is 0 Å². The molecule has 1 atom stereocenters. The minimum atomic E-state index is -0.782. The van der Waals surface area contributed by atoms with Crippen molar-refractivity contribution in [3.63, 3.8) is 0 Å². The first kappa shape index (κ1) is 11.7. The minimum absolute atomic E-state index is 0.174. The minimum Gasteiger partial charge on any atom is -0.481 e. The highest BCUT2D eigenvalue weighted by Crippen LogP contribution is 2.28. The zero-order valence-electron chi connectivity index (χ0n) is 10.1. The maximum absolute atomic E-state index is 12.1. The van der Waals surface area contributed by atoms with Gasteiger partial charge in [-0.3, -0.25) is 9.59 Å². The Labute approximate surface area is 109 Å². The first-order valence-electron chi connectivity index (χ1n) is 6.08. The molecule has 1 N–H and O–H groups in total. The van der Waals surface area contributed by atoms with Crippen molar-refractivity contribution in [2.45, 2.75) is 12.8 Å². The van der Waals surface area contributed by atoms with Crippen LogP contribution in [-0.4, -0.2) is 16.9 Å². The maximum atomic E-state index is 12.1. The lowest BCUT2D eigenvalue weighted by Crippen LogP contribution is -2.12. The summed E-state index contributed by atoms with van der Waals surface area (Å²) in [5.41, 5.74) is 2.51. The van der Waals surface area contributed by atoms with Gasteiger partial charge in [0, 0.05) is 5.56 Å². The summed E-state index contributed by atoms with van der Waals surface area (Å²) < 4.78 is 5.08. The summed E-state index contributed by atoms with van der Waals surface area (Å²) in [5, 5.41) is 9.03. The molecule has 19 heavy (non-hydrogen) atoms. The monoisotopic (exact) mass is 256 g/mol. The van der Waals surface area contributed by atoms with Crippen molar-refractivity contribution in [2.75, 3.05) is 0 Å². The van der Waals surface area contributed by atoms with Gasteiger partial charge in [0.25, 0.3) is 0 Å². The number of fused-ring (bicyclic) bond motifs is 1. The van der Waals surface area contributed by atoms with Crippen molar-refractivity contribution < 1.29 is 19.1 Å². The van der Waals surface area contributed by atoms with Gasteiger partial charge in [-0.2, -0.15) is 0 Å². The van der Waals surface area contributed by atoms with E-state index in [0.717, 1.165) is 11.1 Å². The zero-order valence-corrected chi connectivity index (χ0v) is 10.1. The Morgan fingerprint density at radius 1 is 1.16 bits per heavy atom. The lowest BCUT2D eigenvalue weighted by atomic mass is 10.0. The molecule has 0 amide bonds. The van der Waals surface area contributed by atoms with Crippen LogP contribution in [0.5, 0.6) is 0 Å². The van der Waals surface area contributed by atoms with Gasteiger partial charge in [-0.05, 0) is 42.2 Å². The van der Waals surface area contributed by atoms with E-state index < -0.39 is 5.97 Å². The van der Waals surface area contributed by atoms with E-state index in [4.69, 9.17) is 9.52 Å². The number of aliphatic carboxylic acids is 1. The van der Waals surface area contributed by atoms with E-state index in [1.165, 1.54) is 6.26 Å². The van der Waals surface area contributed by atoms with Gasteiger partial charge in [0.2, 0.25) is 5.78 Å². The number of hydrogen-bond donors (Lipinski definition) is 1. The topological polar surface area (TPSA) is 67.5 Å². The molecule has 1 aromatic carbocycles. The third kappa shape index (κ3) is 2.05. The average molecular weight is 256 g/mol. The Hall–Kier alpha value is -2.36. The first-order valence-corrected chi connectivity index (χ1v) is 6.08. The van der Waals surface area contributed by atoms with Gasteiger partial charge in [0.05, 0.1) is 12.2 Å². The molecule has 3 rings (SSSR count). The third-order valence-electron chi connectivity index (χ3n) is 3.50. The molecule has 1 aliphatic carbocycles. The Morgan fingerprint density at radius 3 is 2.63 bits per heavy atom. The summed E-state index contributed by atoms with van der Waals surface area (Å²) in [6.07, 6.45) is 2.49. The molecule has 0 fully saturated rings. The maximum Gasteiger partial charge on any atom is 0.307 e. The van der Waals surface area contributed by atoms with Crippen molar-refractivity contribution in [3.8, 4) is 0 Å². The number of rotatable bonds is 3. The summed E-state index contributed by atoms with van der Waals surface area (Å²) in [5.74, 6) is -1.03. The summed E-state index contributed by atoms with van der Waals surface area (Å²) in [4.78, 5) is 23.1. The fourth-order valence-electron chi connectivity index (χ4n) is 2.48. The number of carbonyl (C=O) groups excluding carboxylic acids is 1. The van der Waals surface area contributed by atoms with E-state index in [1.807, 2.05) is 6.07 Å². The Kier molecular flexibility index (Phi) is 2.71. The van der Waals surface area contributed by atoms with Gasteiger partial charge in [0.15, 0.2) is 5.76 Å². The molecule has 0 bridgehead atoms. The number of benzene rings is 1. The molecule has 4 nitrogen and oxygen atoms in total. The molecular weight excluding hydrogens is 244 g/mol. The summed E-state index contributed by atoms with van der Waals surface area (Å²) >= 11 is 0. The molecule has 1 heterocycles. The van der Waals surface area contributed by atoms with E-state index in [2.05, 4.69) is 0 Å². The van der Waals surface area contributed by atoms with E-state index >= 15 is 0 Å². The van der Waals surface area contributed by atoms with Gasteiger partial charge < -0.3 is 9.52 Å². The third-order valence-corrected chi connectivity index (χ3v) is 3.50. The van der Waals surface area contributed by atoms with Gasteiger partial charge in [-0.1, -0.05) is 12.1 Å². The van der Waals surface area contributed by atoms with Crippen LogP contribution in [0.1, 0.15) is 27.2 Å². The van der Waals surface area contributed by atoms with Crippen LogP contribution in [-0.2, 0) is 17.6 Å². The number of carboxylic acids is 1. The predicted molar refractivity (Wildman–Crippen MR) is 67.1 cm³/mol. The first-order chi connectivity index (χ1) is 9.15.